The monoisotopic (exact) mass is 384 g/mol. The first-order chi connectivity index (χ1) is 9.32. The lowest BCUT2D eigenvalue weighted by Gasteiger charge is -2.25. The van der Waals surface area contributed by atoms with Crippen molar-refractivity contribution in [3.63, 3.8) is 0 Å². The zero-order valence-electron chi connectivity index (χ0n) is 15.0. The highest BCUT2D eigenvalue weighted by Crippen LogP contribution is 1.96. The van der Waals surface area contributed by atoms with Crippen molar-refractivity contribution in [1.82, 2.24) is 0 Å². The first-order valence-corrected chi connectivity index (χ1v) is 8.06. The standard InChI is InChI=1S/2C6H15ClNO.C2H5O.ClH/c2*1-8(2,3)5-6(9)4-7;1-2-3;/h2*6,9H,4-5H2,1-3H3;2H2,1H3;1H/q2*+1;-1;/p-1. The lowest BCUT2D eigenvalue weighted by molar-refractivity contribution is -0.873. The zero-order valence-corrected chi connectivity index (χ0v) is 17.3. The second kappa shape index (κ2) is 16.5. The largest absolute Gasteiger partial charge is 1.00 e. The number of alkyl halides is 2. The number of aliphatic hydroxyl groups excluding tert-OH is 2. The number of hydrogen-bond donors (Lipinski definition) is 2. The van der Waals surface area contributed by atoms with Crippen LogP contribution >= 0.6 is 23.2 Å². The fourth-order valence-electron chi connectivity index (χ4n) is 1.36. The molecule has 0 aromatic carbocycles. The van der Waals surface area contributed by atoms with E-state index >= 15 is 0 Å². The van der Waals surface area contributed by atoms with E-state index in [9.17, 15) is 0 Å². The maximum atomic E-state index is 9.05. The van der Waals surface area contributed by atoms with Gasteiger partial charge in [0, 0.05) is 0 Å². The summed E-state index contributed by atoms with van der Waals surface area (Å²) in [6, 6.07) is 0. The summed E-state index contributed by atoms with van der Waals surface area (Å²) in [5, 5.41) is 27.0. The van der Waals surface area contributed by atoms with E-state index in [1.54, 1.807) is 6.92 Å². The molecule has 0 saturated heterocycles. The highest BCUT2D eigenvalue weighted by molar-refractivity contribution is 6.18. The van der Waals surface area contributed by atoms with E-state index in [2.05, 4.69) is 0 Å². The Labute approximate surface area is 153 Å². The number of quaternary nitrogens is 2. The van der Waals surface area contributed by atoms with Crippen LogP contribution in [0.2, 0.25) is 0 Å². The Morgan fingerprint density at radius 3 is 1.05 bits per heavy atom. The van der Waals surface area contributed by atoms with Crippen molar-refractivity contribution < 1.29 is 36.7 Å². The Bertz CT molecular complexity index is 200. The number of aliphatic hydroxyl groups is 2. The molecular formula is C14H35Cl3N2O3. The first-order valence-electron chi connectivity index (χ1n) is 7.00. The average molecular weight is 386 g/mol. The van der Waals surface area contributed by atoms with Gasteiger partial charge in [-0.05, 0) is 0 Å². The molecule has 0 heterocycles. The summed E-state index contributed by atoms with van der Waals surface area (Å²) in [5.41, 5.74) is 0. The molecule has 0 aliphatic heterocycles. The quantitative estimate of drug-likeness (QED) is 0.377. The van der Waals surface area contributed by atoms with Crippen LogP contribution in [0.3, 0.4) is 0 Å². The molecule has 140 valence electrons. The molecule has 0 fully saturated rings. The van der Waals surface area contributed by atoms with Gasteiger partial charge in [0.1, 0.15) is 25.3 Å². The van der Waals surface area contributed by atoms with Gasteiger partial charge in [-0.2, -0.15) is 0 Å². The van der Waals surface area contributed by atoms with Gasteiger partial charge in [0.25, 0.3) is 0 Å². The van der Waals surface area contributed by atoms with Gasteiger partial charge in [0.2, 0.25) is 0 Å². The van der Waals surface area contributed by atoms with Crippen LogP contribution in [0.15, 0.2) is 0 Å². The smallest absolute Gasteiger partial charge is 0.116 e. The molecular weight excluding hydrogens is 351 g/mol. The normalized spacial score (nSPS) is 13.6. The van der Waals surface area contributed by atoms with E-state index in [0.29, 0.717) is 24.8 Å². The molecule has 0 aliphatic carbocycles. The van der Waals surface area contributed by atoms with Crippen LogP contribution in [0.5, 0.6) is 0 Å². The number of nitrogens with zero attached hydrogens (tertiary/aromatic N) is 2. The van der Waals surface area contributed by atoms with Gasteiger partial charge in [-0.3, -0.25) is 0 Å². The van der Waals surface area contributed by atoms with Crippen molar-refractivity contribution in [2.75, 3.05) is 73.7 Å². The van der Waals surface area contributed by atoms with Crippen LogP contribution in [-0.4, -0.2) is 105 Å². The Kier molecular flexibility index (Phi) is 22.9. The number of hydrogen-bond acceptors (Lipinski definition) is 3. The SMILES string of the molecule is CC[O-].C[N+](C)(C)CC(O)CCl.C[N+](C)(C)CC(O)CCl.[Cl-]. The van der Waals surface area contributed by atoms with E-state index in [0.717, 1.165) is 8.97 Å². The molecule has 5 nitrogen and oxygen atoms in total. The van der Waals surface area contributed by atoms with Crippen molar-refractivity contribution in [3.05, 3.63) is 0 Å². The Hall–Kier alpha value is 0.670. The fraction of sp³-hybridized carbons (Fsp3) is 1.00. The maximum Gasteiger partial charge on any atom is 0.116 e. The molecule has 0 radical (unpaired) electrons. The molecule has 0 aromatic heterocycles. The van der Waals surface area contributed by atoms with Crippen LogP contribution in [-0.2, 0) is 0 Å². The van der Waals surface area contributed by atoms with Gasteiger partial charge in [-0.15, -0.1) is 29.8 Å². The van der Waals surface area contributed by atoms with Crippen LogP contribution in [0.1, 0.15) is 6.92 Å². The first kappa shape index (κ1) is 30.5. The van der Waals surface area contributed by atoms with Gasteiger partial charge >= 0.3 is 0 Å². The molecule has 8 heteroatoms. The predicted octanol–water partition coefficient (Wildman–Crippen LogP) is -3.04. The summed E-state index contributed by atoms with van der Waals surface area (Å²) >= 11 is 10.8. The Morgan fingerprint density at radius 2 is 1.00 bits per heavy atom. The van der Waals surface area contributed by atoms with Crippen LogP contribution in [0.4, 0.5) is 0 Å². The van der Waals surface area contributed by atoms with E-state index in [1.165, 1.54) is 0 Å². The molecule has 0 aliphatic rings. The van der Waals surface area contributed by atoms with Gasteiger partial charge in [0.05, 0.1) is 54.0 Å². The second-order valence-electron chi connectivity index (χ2n) is 6.85. The van der Waals surface area contributed by atoms with Gasteiger partial charge in [0.15, 0.2) is 0 Å². The number of halogens is 3. The molecule has 0 bridgehead atoms. The second-order valence-corrected chi connectivity index (χ2v) is 7.47. The fourth-order valence-corrected chi connectivity index (χ4v) is 1.56. The third kappa shape index (κ3) is 37.2. The molecule has 0 amide bonds. The summed E-state index contributed by atoms with van der Waals surface area (Å²) in [6.07, 6.45) is -0.738. The van der Waals surface area contributed by atoms with Crippen LogP contribution in [0.25, 0.3) is 0 Å². The lowest BCUT2D eigenvalue weighted by atomic mass is 10.3. The van der Waals surface area contributed by atoms with E-state index < -0.39 is 0 Å². The van der Waals surface area contributed by atoms with Gasteiger partial charge < -0.3 is 36.7 Å². The lowest BCUT2D eigenvalue weighted by Crippen LogP contribution is -3.00. The van der Waals surface area contributed by atoms with E-state index in [-0.39, 0.29) is 31.2 Å². The van der Waals surface area contributed by atoms with Crippen molar-refractivity contribution in [2.45, 2.75) is 19.1 Å². The minimum absolute atomic E-state index is 0. The Morgan fingerprint density at radius 1 is 0.818 bits per heavy atom. The van der Waals surface area contributed by atoms with Crippen LogP contribution < -0.4 is 17.5 Å². The highest BCUT2D eigenvalue weighted by atomic mass is 35.5. The number of likely N-dealkylation sites (N-methyl/N-ethyl adjacent to an activating group) is 2. The summed E-state index contributed by atoms with van der Waals surface area (Å²) in [4.78, 5) is 0. The Balaban J connectivity index is -0.000000120. The zero-order chi connectivity index (χ0) is 17.7. The number of rotatable bonds is 6. The van der Waals surface area contributed by atoms with Crippen molar-refractivity contribution in [3.8, 4) is 0 Å². The van der Waals surface area contributed by atoms with E-state index in [1.807, 2.05) is 42.3 Å². The third-order valence-corrected chi connectivity index (χ3v) is 2.59. The molecule has 0 rings (SSSR count). The van der Waals surface area contributed by atoms with Gasteiger partial charge in [-0.25, -0.2) is 0 Å². The molecule has 0 spiro atoms. The molecule has 22 heavy (non-hydrogen) atoms. The molecule has 0 saturated carbocycles. The van der Waals surface area contributed by atoms with Crippen LogP contribution in [0, 0.1) is 0 Å². The predicted molar refractivity (Wildman–Crippen MR) is 89.8 cm³/mol. The average Bonchev–Trinajstić information content (AvgIpc) is 2.26. The summed E-state index contributed by atoms with van der Waals surface area (Å²) in [7, 11) is 12.1. The minimum Gasteiger partial charge on any atom is -1.00 e. The van der Waals surface area contributed by atoms with E-state index in [4.69, 9.17) is 38.5 Å². The molecule has 2 atom stereocenters. The van der Waals surface area contributed by atoms with Crippen molar-refractivity contribution >= 4 is 23.2 Å². The summed E-state index contributed by atoms with van der Waals surface area (Å²) in [5.74, 6) is 0.658. The molecule has 2 unspecified atom stereocenters. The molecule has 0 aromatic rings. The third-order valence-electron chi connectivity index (χ3n) is 1.87. The minimum atomic E-state index is -0.369. The highest BCUT2D eigenvalue weighted by Gasteiger charge is 2.13. The van der Waals surface area contributed by atoms with Crippen molar-refractivity contribution in [2.24, 2.45) is 0 Å². The molecule has 2 N–H and O–H groups in total. The maximum absolute atomic E-state index is 9.05. The topological polar surface area (TPSA) is 63.5 Å². The summed E-state index contributed by atoms with van der Waals surface area (Å²) in [6.45, 7) is 2.99. The van der Waals surface area contributed by atoms with Crippen molar-refractivity contribution in [1.29, 1.82) is 0 Å². The summed E-state index contributed by atoms with van der Waals surface area (Å²) < 4.78 is 1.52. The van der Waals surface area contributed by atoms with Gasteiger partial charge in [-0.1, -0.05) is 6.92 Å².